The Kier molecular flexibility index (Phi) is 8.75. The molecule has 3 amide bonds. The highest BCUT2D eigenvalue weighted by Gasteiger charge is 2.27. The molecule has 1 heterocycles. The van der Waals surface area contributed by atoms with Gasteiger partial charge < -0.3 is 31.8 Å². The number of imidazole rings is 1. The number of rotatable bonds is 10. The molecule has 0 aromatic carbocycles. The van der Waals surface area contributed by atoms with E-state index in [1.54, 1.807) is 0 Å². The Morgan fingerprint density at radius 2 is 1.78 bits per heavy atom. The molecule has 0 aliphatic carbocycles. The molecule has 7 N–H and O–H groups in total. The van der Waals surface area contributed by atoms with Crippen molar-refractivity contribution in [1.29, 1.82) is 0 Å². The van der Waals surface area contributed by atoms with Gasteiger partial charge in [0.1, 0.15) is 18.1 Å². The second kappa shape index (κ2) is 10.5. The van der Waals surface area contributed by atoms with E-state index in [-0.39, 0.29) is 12.2 Å². The largest absolute Gasteiger partial charge is 0.480 e. The van der Waals surface area contributed by atoms with Gasteiger partial charge in [-0.2, -0.15) is 12.6 Å². The summed E-state index contributed by atoms with van der Waals surface area (Å²) in [6.45, 7) is 2.87. The lowest BCUT2D eigenvalue weighted by atomic mass is 10.1. The van der Waals surface area contributed by atoms with E-state index in [1.165, 1.54) is 26.4 Å². The van der Waals surface area contributed by atoms with Gasteiger partial charge in [0.05, 0.1) is 12.4 Å². The molecule has 0 aliphatic rings. The Labute approximate surface area is 161 Å². The zero-order valence-corrected chi connectivity index (χ0v) is 15.8. The van der Waals surface area contributed by atoms with Gasteiger partial charge in [-0.15, -0.1) is 0 Å². The van der Waals surface area contributed by atoms with Crippen LogP contribution in [0, 0.1) is 0 Å². The zero-order valence-electron chi connectivity index (χ0n) is 14.9. The Morgan fingerprint density at radius 1 is 1.15 bits per heavy atom. The summed E-state index contributed by atoms with van der Waals surface area (Å²) in [4.78, 5) is 54.1. The third-order valence-electron chi connectivity index (χ3n) is 3.57. The molecular formula is C15H24N6O5S. The molecule has 0 saturated heterocycles. The van der Waals surface area contributed by atoms with Gasteiger partial charge in [0, 0.05) is 24.1 Å². The standard InChI is InChI=1S/C15H24N6O5S/c1-7(16)12(22)20-10(3-9-4-17-6-18-9)14(24)19-8(2)13(23)21-11(5-27)15(25)26/h4,6-8,10-11,27H,3,5,16H2,1-2H3,(H,17,18)(H,19,24)(H,20,22)(H,21,23)(H,25,26). The summed E-state index contributed by atoms with van der Waals surface area (Å²) in [6, 6.07) is -4.04. The SMILES string of the molecule is CC(N)C(=O)NC(Cc1cnc[nH]1)C(=O)NC(C)C(=O)NC(CS)C(=O)O. The van der Waals surface area contributed by atoms with Crippen molar-refractivity contribution in [3.63, 3.8) is 0 Å². The number of carboxylic acid groups (broad SMARTS) is 1. The molecule has 0 saturated carbocycles. The van der Waals surface area contributed by atoms with Crippen LogP contribution in [0.5, 0.6) is 0 Å². The van der Waals surface area contributed by atoms with E-state index < -0.39 is 47.9 Å². The van der Waals surface area contributed by atoms with Gasteiger partial charge in [0.25, 0.3) is 0 Å². The predicted octanol–water partition coefficient (Wildman–Crippen LogP) is -2.21. The van der Waals surface area contributed by atoms with Gasteiger partial charge in [0.2, 0.25) is 17.7 Å². The molecule has 0 spiro atoms. The average Bonchev–Trinajstić information content (AvgIpc) is 3.11. The van der Waals surface area contributed by atoms with E-state index >= 15 is 0 Å². The summed E-state index contributed by atoms with van der Waals surface area (Å²) < 4.78 is 0. The van der Waals surface area contributed by atoms with Crippen LogP contribution in [0.15, 0.2) is 12.5 Å². The number of carbonyl (C=O) groups excluding carboxylic acids is 3. The first-order valence-corrected chi connectivity index (χ1v) is 8.76. The number of H-pyrrole nitrogens is 1. The molecule has 0 aliphatic heterocycles. The van der Waals surface area contributed by atoms with Gasteiger partial charge >= 0.3 is 5.97 Å². The van der Waals surface area contributed by atoms with E-state index in [4.69, 9.17) is 10.8 Å². The van der Waals surface area contributed by atoms with Gasteiger partial charge in [-0.1, -0.05) is 0 Å². The summed E-state index contributed by atoms with van der Waals surface area (Å²) in [5.41, 5.74) is 6.11. The Bertz CT molecular complexity index is 666. The van der Waals surface area contributed by atoms with Crippen LogP contribution in [-0.2, 0) is 25.6 Å². The summed E-state index contributed by atoms with van der Waals surface area (Å²) in [7, 11) is 0. The maximum atomic E-state index is 12.5. The smallest absolute Gasteiger partial charge is 0.327 e. The third kappa shape index (κ3) is 7.27. The topological polar surface area (TPSA) is 179 Å². The fraction of sp³-hybridized carbons (Fsp3) is 0.533. The highest BCUT2D eigenvalue weighted by Crippen LogP contribution is 2.01. The number of nitrogens with one attached hydrogen (secondary N) is 4. The number of aromatic nitrogens is 2. The van der Waals surface area contributed by atoms with Crippen molar-refractivity contribution in [2.75, 3.05) is 5.75 Å². The highest BCUT2D eigenvalue weighted by molar-refractivity contribution is 7.80. The number of aromatic amines is 1. The molecule has 0 radical (unpaired) electrons. The van der Waals surface area contributed by atoms with Crippen molar-refractivity contribution >= 4 is 36.3 Å². The van der Waals surface area contributed by atoms with Crippen LogP contribution in [0.3, 0.4) is 0 Å². The number of carboxylic acids is 1. The van der Waals surface area contributed by atoms with Gasteiger partial charge in [-0.05, 0) is 13.8 Å². The van der Waals surface area contributed by atoms with E-state index in [0.29, 0.717) is 5.69 Å². The van der Waals surface area contributed by atoms with E-state index in [1.807, 2.05) is 0 Å². The highest BCUT2D eigenvalue weighted by atomic mass is 32.1. The first-order chi connectivity index (χ1) is 12.6. The van der Waals surface area contributed by atoms with Gasteiger partial charge in [-0.3, -0.25) is 14.4 Å². The second-order valence-corrected chi connectivity index (χ2v) is 6.31. The number of aliphatic carboxylic acids is 1. The fourth-order valence-corrected chi connectivity index (χ4v) is 2.24. The summed E-state index contributed by atoms with van der Waals surface area (Å²) in [6.07, 6.45) is 3.03. The van der Waals surface area contributed by atoms with Crippen LogP contribution in [0.4, 0.5) is 0 Å². The minimum Gasteiger partial charge on any atom is -0.480 e. The van der Waals surface area contributed by atoms with Crippen molar-refractivity contribution in [3.8, 4) is 0 Å². The number of nitrogens with zero attached hydrogens (tertiary/aromatic N) is 1. The molecular weight excluding hydrogens is 376 g/mol. The lowest BCUT2D eigenvalue weighted by Gasteiger charge is -2.22. The van der Waals surface area contributed by atoms with Crippen LogP contribution < -0.4 is 21.7 Å². The van der Waals surface area contributed by atoms with Crippen molar-refractivity contribution in [3.05, 3.63) is 18.2 Å². The maximum Gasteiger partial charge on any atom is 0.327 e. The fourth-order valence-electron chi connectivity index (χ4n) is 1.99. The molecule has 1 aromatic heterocycles. The first kappa shape index (κ1) is 22.4. The van der Waals surface area contributed by atoms with Crippen molar-refractivity contribution in [2.24, 2.45) is 5.73 Å². The molecule has 0 bridgehead atoms. The molecule has 4 unspecified atom stereocenters. The van der Waals surface area contributed by atoms with Crippen LogP contribution in [-0.4, -0.2) is 68.7 Å². The summed E-state index contributed by atoms with van der Waals surface area (Å²) >= 11 is 3.85. The van der Waals surface area contributed by atoms with E-state index in [9.17, 15) is 19.2 Å². The van der Waals surface area contributed by atoms with Crippen LogP contribution >= 0.6 is 12.6 Å². The van der Waals surface area contributed by atoms with E-state index in [0.717, 1.165) is 0 Å². The number of nitrogens with two attached hydrogens (primary N) is 1. The van der Waals surface area contributed by atoms with Crippen LogP contribution in [0.1, 0.15) is 19.5 Å². The predicted molar refractivity (Wildman–Crippen MR) is 98.9 cm³/mol. The number of hydrogen-bond acceptors (Lipinski definition) is 7. The van der Waals surface area contributed by atoms with Gasteiger partial charge in [-0.25, -0.2) is 9.78 Å². The minimum absolute atomic E-state index is 0.103. The number of carbonyl (C=O) groups is 4. The number of hydrogen-bond donors (Lipinski definition) is 7. The van der Waals surface area contributed by atoms with Crippen molar-refractivity contribution in [2.45, 2.75) is 44.4 Å². The van der Waals surface area contributed by atoms with Crippen molar-refractivity contribution in [1.82, 2.24) is 25.9 Å². The van der Waals surface area contributed by atoms with Crippen LogP contribution in [0.25, 0.3) is 0 Å². The summed E-state index contributed by atoms with van der Waals surface area (Å²) in [5, 5.41) is 16.2. The summed E-state index contributed by atoms with van der Waals surface area (Å²) in [5.74, 6) is -3.19. The quantitative estimate of drug-likeness (QED) is 0.217. The average molecular weight is 400 g/mol. The molecule has 1 rings (SSSR count). The molecule has 1 aromatic rings. The molecule has 12 heteroatoms. The zero-order chi connectivity index (χ0) is 20.6. The van der Waals surface area contributed by atoms with Crippen LogP contribution in [0.2, 0.25) is 0 Å². The lowest BCUT2D eigenvalue weighted by Crippen LogP contribution is -2.56. The first-order valence-electron chi connectivity index (χ1n) is 8.13. The Morgan fingerprint density at radius 3 is 2.26 bits per heavy atom. The second-order valence-electron chi connectivity index (χ2n) is 5.94. The Balaban J connectivity index is 2.77. The normalized spacial score (nSPS) is 15.1. The number of amides is 3. The molecule has 0 fully saturated rings. The van der Waals surface area contributed by atoms with Crippen molar-refractivity contribution < 1.29 is 24.3 Å². The minimum atomic E-state index is -1.24. The van der Waals surface area contributed by atoms with E-state index in [2.05, 4.69) is 38.5 Å². The Hall–Kier alpha value is -2.60. The lowest BCUT2D eigenvalue weighted by molar-refractivity contribution is -0.141. The maximum absolute atomic E-state index is 12.5. The molecule has 27 heavy (non-hydrogen) atoms. The van der Waals surface area contributed by atoms with Gasteiger partial charge in [0.15, 0.2) is 0 Å². The molecule has 150 valence electrons. The molecule has 11 nitrogen and oxygen atoms in total. The monoisotopic (exact) mass is 400 g/mol. The third-order valence-corrected chi connectivity index (χ3v) is 3.94. The number of thiol groups is 1. The molecule has 4 atom stereocenters.